The van der Waals surface area contributed by atoms with Gasteiger partial charge in [-0.2, -0.15) is 0 Å². The Bertz CT molecular complexity index is 1890. The van der Waals surface area contributed by atoms with Gasteiger partial charge in [-0.25, -0.2) is 4.57 Å². The molecule has 0 amide bonds. The van der Waals surface area contributed by atoms with Crippen molar-refractivity contribution in [2.75, 3.05) is 0 Å². The lowest BCUT2D eigenvalue weighted by Gasteiger charge is -2.33. The van der Waals surface area contributed by atoms with E-state index < -0.39 is 27.2 Å². The Morgan fingerprint density at radius 3 is 2.50 bits per heavy atom. The zero-order valence-corrected chi connectivity index (χ0v) is 24.0. The van der Waals surface area contributed by atoms with Crippen molar-refractivity contribution in [3.05, 3.63) is 89.1 Å². The lowest BCUT2D eigenvalue weighted by molar-refractivity contribution is -0.660. The van der Waals surface area contributed by atoms with E-state index in [2.05, 4.69) is 26.1 Å². The van der Waals surface area contributed by atoms with E-state index in [1.807, 2.05) is 66.2 Å². The first-order valence-corrected chi connectivity index (χ1v) is 17.0. The number of benzene rings is 3. The molecule has 2 nitrogen and oxygen atoms in total. The Hall–Kier alpha value is -3.17. The molecule has 1 fully saturated rings. The number of pyridine rings is 1. The summed E-state index contributed by atoms with van der Waals surface area (Å²) in [6.07, 6.45) is 1.60. The smallest absolute Gasteiger partial charge is 0.216 e. The van der Waals surface area contributed by atoms with Crippen LogP contribution < -0.4 is 4.57 Å². The Labute approximate surface area is 236 Å². The Kier molecular flexibility index (Phi) is 4.76. The quantitative estimate of drug-likeness (QED) is 0.169. The van der Waals surface area contributed by atoms with Crippen molar-refractivity contribution in [1.82, 2.24) is 0 Å². The van der Waals surface area contributed by atoms with Gasteiger partial charge in [0.25, 0.3) is 0 Å². The molecule has 1 aliphatic rings. The molecule has 3 heteroatoms. The Morgan fingerprint density at radius 2 is 1.79 bits per heavy atom. The molecule has 2 aromatic heterocycles. The van der Waals surface area contributed by atoms with Gasteiger partial charge in [0.2, 0.25) is 5.69 Å². The SMILES string of the molecule is [2H]C([2H])([2H])c1c[n+](C)c(-c2c(C)c(-c3ccc(C([2H])([2H])C)cc3)cc3c2oc2ccccc23)cc1C1([2H])CC[Si](C)(C)CC1. The van der Waals surface area contributed by atoms with Crippen LogP contribution in [0.4, 0.5) is 0 Å². The monoisotopic (exact) mass is 524 g/mol. The van der Waals surface area contributed by atoms with Crippen LogP contribution in [-0.2, 0) is 13.4 Å². The number of fused-ring (bicyclic) bond motifs is 3. The number of aromatic nitrogens is 1. The van der Waals surface area contributed by atoms with Gasteiger partial charge >= 0.3 is 0 Å². The van der Waals surface area contributed by atoms with Gasteiger partial charge in [-0.3, -0.25) is 0 Å². The summed E-state index contributed by atoms with van der Waals surface area (Å²) in [6.45, 7) is 6.00. The average Bonchev–Trinajstić information content (AvgIpc) is 3.32. The van der Waals surface area contributed by atoms with Gasteiger partial charge in [-0.15, -0.1) is 0 Å². The highest BCUT2D eigenvalue weighted by Crippen LogP contribution is 2.44. The number of rotatable bonds is 4. The normalized spacial score (nSPS) is 19.8. The van der Waals surface area contributed by atoms with Gasteiger partial charge in [0.1, 0.15) is 18.2 Å². The molecule has 38 heavy (non-hydrogen) atoms. The summed E-state index contributed by atoms with van der Waals surface area (Å²) < 4.78 is 59.6. The topological polar surface area (TPSA) is 17.0 Å². The van der Waals surface area contributed by atoms with Gasteiger partial charge in [0, 0.05) is 38.7 Å². The molecule has 0 radical (unpaired) electrons. The van der Waals surface area contributed by atoms with Gasteiger partial charge in [0.15, 0.2) is 6.20 Å². The number of aryl methyl sites for hydroxylation is 3. The van der Waals surface area contributed by atoms with Crippen LogP contribution in [0.1, 0.15) is 56.1 Å². The number of furan rings is 1. The van der Waals surface area contributed by atoms with E-state index in [0.29, 0.717) is 24.0 Å². The van der Waals surface area contributed by atoms with Crippen molar-refractivity contribution in [2.45, 2.75) is 71.0 Å². The first kappa shape index (κ1) is 19.0. The van der Waals surface area contributed by atoms with Crippen molar-refractivity contribution in [3.8, 4) is 22.4 Å². The zero-order chi connectivity index (χ0) is 31.8. The van der Waals surface area contributed by atoms with E-state index in [9.17, 15) is 1.37 Å². The van der Waals surface area contributed by atoms with Crippen molar-refractivity contribution < 1.29 is 17.2 Å². The average molecular weight is 525 g/mol. The molecular weight excluding hydrogens is 478 g/mol. The molecule has 0 N–H and O–H groups in total. The van der Waals surface area contributed by atoms with E-state index >= 15 is 0 Å². The number of hydrogen-bond donors (Lipinski definition) is 0. The Morgan fingerprint density at radius 1 is 1.05 bits per heavy atom. The summed E-state index contributed by atoms with van der Waals surface area (Å²) in [5, 5.41) is 1.95. The lowest BCUT2D eigenvalue weighted by Crippen LogP contribution is -2.34. The van der Waals surface area contributed by atoms with Crippen LogP contribution in [-0.4, -0.2) is 8.07 Å². The first-order chi connectivity index (χ1) is 20.5. The van der Waals surface area contributed by atoms with Crippen LogP contribution in [0.3, 0.4) is 0 Å². The molecule has 0 spiro atoms. The molecule has 0 saturated carbocycles. The maximum atomic E-state index is 9.65. The highest BCUT2D eigenvalue weighted by molar-refractivity contribution is 6.77. The molecule has 3 heterocycles. The second-order valence-corrected chi connectivity index (χ2v) is 16.9. The van der Waals surface area contributed by atoms with Gasteiger partial charge in [0.05, 0.1) is 5.56 Å². The lowest BCUT2D eigenvalue weighted by atomic mass is 9.87. The Balaban J connectivity index is 1.65. The summed E-state index contributed by atoms with van der Waals surface area (Å²) >= 11 is 0. The highest BCUT2D eigenvalue weighted by atomic mass is 28.3. The molecule has 0 aliphatic carbocycles. The van der Waals surface area contributed by atoms with Crippen LogP contribution in [0.25, 0.3) is 44.3 Å². The minimum atomic E-state index is -2.35. The van der Waals surface area contributed by atoms with Gasteiger partial charge < -0.3 is 4.42 Å². The molecular formula is C35H40NOSi+. The molecule has 6 rings (SSSR count). The molecule has 3 aromatic carbocycles. The minimum absolute atomic E-state index is 0.249. The summed E-state index contributed by atoms with van der Waals surface area (Å²) in [5.74, 6) is -0.969. The van der Waals surface area contributed by atoms with Crippen molar-refractivity contribution in [3.63, 3.8) is 0 Å². The summed E-state index contributed by atoms with van der Waals surface area (Å²) in [4.78, 5) is 0. The largest absolute Gasteiger partial charge is 0.455 e. The molecule has 1 saturated heterocycles. The maximum Gasteiger partial charge on any atom is 0.216 e. The molecule has 194 valence electrons. The summed E-state index contributed by atoms with van der Waals surface area (Å²) in [7, 11) is 0.482. The van der Waals surface area contributed by atoms with Crippen LogP contribution in [0, 0.1) is 13.8 Å². The van der Waals surface area contributed by atoms with Gasteiger partial charge in [-0.05, 0) is 78.8 Å². The molecule has 5 aromatic rings. The van der Waals surface area contributed by atoms with E-state index in [-0.39, 0.29) is 5.56 Å². The van der Waals surface area contributed by atoms with E-state index in [4.69, 9.17) is 11.3 Å². The fourth-order valence-electron chi connectivity index (χ4n) is 6.06. The molecule has 0 atom stereocenters. The number of hydrogen-bond acceptors (Lipinski definition) is 1. The predicted octanol–water partition coefficient (Wildman–Crippen LogP) is 9.51. The van der Waals surface area contributed by atoms with E-state index in [1.165, 1.54) is 0 Å². The van der Waals surface area contributed by atoms with Crippen LogP contribution in [0.5, 0.6) is 0 Å². The third kappa shape index (κ3) is 4.31. The van der Waals surface area contributed by atoms with Crippen molar-refractivity contribution in [1.29, 1.82) is 0 Å². The van der Waals surface area contributed by atoms with Crippen LogP contribution in [0.2, 0.25) is 25.2 Å². The third-order valence-corrected chi connectivity index (χ3v) is 11.7. The van der Waals surface area contributed by atoms with Crippen molar-refractivity contribution >= 4 is 30.0 Å². The van der Waals surface area contributed by atoms with E-state index in [1.54, 1.807) is 13.1 Å². The summed E-state index contributed by atoms with van der Waals surface area (Å²) in [5.41, 5.74) is 7.58. The second-order valence-electron chi connectivity index (χ2n) is 11.6. The highest BCUT2D eigenvalue weighted by Gasteiger charge is 2.32. The van der Waals surface area contributed by atoms with Crippen LogP contribution in [0.15, 0.2) is 71.3 Å². The number of nitrogens with zero attached hydrogens (tertiary/aromatic N) is 1. The van der Waals surface area contributed by atoms with Crippen molar-refractivity contribution in [2.24, 2.45) is 7.05 Å². The second kappa shape index (κ2) is 9.54. The third-order valence-electron chi connectivity index (χ3n) is 8.53. The zero-order valence-electron chi connectivity index (χ0n) is 29.0. The standard InChI is InChI=1S/C35H40NOSi/c1-7-25-12-14-26(15-13-25)30-20-31-28-10-8-9-11-33(28)37-35(31)34(24(30)3)32-21-29(23(2)22-36(32)4)27-16-18-38(5,6)19-17-27/h8-15,20-22,27H,7,16-19H2,1-6H3/q+1/i2D3,7D2,27D. The van der Waals surface area contributed by atoms with E-state index in [0.717, 1.165) is 62.0 Å². The fourth-order valence-corrected chi connectivity index (χ4v) is 8.27. The molecule has 1 aliphatic heterocycles. The fraction of sp³-hybridized carbons (Fsp3) is 0.343. The number of para-hydroxylation sites is 1. The predicted molar refractivity (Wildman–Crippen MR) is 164 cm³/mol. The minimum Gasteiger partial charge on any atom is -0.455 e. The molecule has 0 bridgehead atoms. The summed E-state index contributed by atoms with van der Waals surface area (Å²) in [6, 6.07) is 21.7. The molecule has 0 unspecified atom stereocenters. The maximum absolute atomic E-state index is 9.65. The first-order valence-electron chi connectivity index (χ1n) is 16.6. The van der Waals surface area contributed by atoms with Gasteiger partial charge in [-0.1, -0.05) is 74.6 Å². The van der Waals surface area contributed by atoms with Crippen LogP contribution >= 0.6 is 0 Å².